The van der Waals surface area contributed by atoms with Crippen LogP contribution in [0.25, 0.3) is 11.0 Å². The van der Waals surface area contributed by atoms with E-state index in [4.69, 9.17) is 9.47 Å². The number of para-hydroxylation sites is 1. The fourth-order valence-electron chi connectivity index (χ4n) is 7.40. The van der Waals surface area contributed by atoms with E-state index in [-0.39, 0.29) is 49.9 Å². The molecule has 2 bridgehead atoms. The second-order valence-corrected chi connectivity index (χ2v) is 13.6. The smallest absolute Gasteiger partial charge is 0.313 e. The zero-order chi connectivity index (χ0) is 34.7. The molecule has 13 nitrogen and oxygen atoms in total. The van der Waals surface area contributed by atoms with Crippen molar-refractivity contribution in [2.24, 2.45) is 11.8 Å². The molecule has 3 aromatic rings. The molecule has 14 heteroatoms. The lowest BCUT2D eigenvalue weighted by atomic mass is 9.70. The first-order chi connectivity index (χ1) is 23.7. The topological polar surface area (TPSA) is 156 Å². The first-order valence-corrected chi connectivity index (χ1v) is 17.2. The van der Waals surface area contributed by atoms with Gasteiger partial charge in [-0.1, -0.05) is 75.8 Å². The molecule has 49 heavy (non-hydrogen) atoms. The third kappa shape index (κ3) is 6.40. The number of aliphatic hydroxyl groups is 1. The van der Waals surface area contributed by atoms with Gasteiger partial charge in [-0.25, -0.2) is 4.68 Å². The van der Waals surface area contributed by atoms with Crippen molar-refractivity contribution in [2.45, 2.75) is 54.6 Å². The van der Waals surface area contributed by atoms with Gasteiger partial charge in [0, 0.05) is 24.3 Å². The van der Waals surface area contributed by atoms with E-state index >= 15 is 0 Å². The highest BCUT2D eigenvalue weighted by atomic mass is 79.9. The highest BCUT2D eigenvalue weighted by Gasteiger charge is 2.77. The quantitative estimate of drug-likeness (QED) is 0.136. The third-order valence-electron chi connectivity index (χ3n) is 9.51. The molecular formula is C35H39BrN6O7. The predicted octanol–water partition coefficient (Wildman–Crippen LogP) is 2.51. The Morgan fingerprint density at radius 1 is 1.16 bits per heavy atom. The number of ether oxygens (including phenoxy) is 2. The zero-order valence-corrected chi connectivity index (χ0v) is 28.5. The Morgan fingerprint density at radius 2 is 1.92 bits per heavy atom. The van der Waals surface area contributed by atoms with Crippen LogP contribution >= 0.6 is 15.9 Å². The Bertz CT molecular complexity index is 1740. The van der Waals surface area contributed by atoms with Gasteiger partial charge < -0.3 is 29.7 Å². The van der Waals surface area contributed by atoms with E-state index in [1.54, 1.807) is 41.1 Å². The van der Waals surface area contributed by atoms with Crippen LogP contribution in [0.3, 0.4) is 0 Å². The van der Waals surface area contributed by atoms with Crippen LogP contribution in [0.4, 0.5) is 0 Å². The maximum absolute atomic E-state index is 14.6. The summed E-state index contributed by atoms with van der Waals surface area (Å²) < 4.78 is 14.3. The Hall–Kier alpha value is -4.40. The summed E-state index contributed by atoms with van der Waals surface area (Å²) >= 11 is 3.68. The number of likely N-dealkylation sites (tertiary alicyclic amines) is 1. The molecule has 1 aromatic heterocycles. The molecule has 3 aliphatic rings. The van der Waals surface area contributed by atoms with Gasteiger partial charge in [-0.05, 0) is 30.5 Å². The summed E-state index contributed by atoms with van der Waals surface area (Å²) in [6.07, 6.45) is 2.68. The third-order valence-corrected chi connectivity index (χ3v) is 10.4. The number of aliphatic hydroxyl groups excluding tert-OH is 1. The molecule has 3 amide bonds. The first kappa shape index (κ1) is 34.5. The number of aromatic nitrogens is 3. The number of amides is 3. The molecule has 0 saturated carbocycles. The van der Waals surface area contributed by atoms with E-state index in [1.807, 2.05) is 30.3 Å². The van der Waals surface area contributed by atoms with Gasteiger partial charge in [0.1, 0.15) is 29.9 Å². The Balaban J connectivity index is 1.29. The number of β-amino-alcohol motifs (C(OH)–C–C–N with tert-alkyl or cyclic N) is 1. The van der Waals surface area contributed by atoms with Crippen molar-refractivity contribution in [3.8, 4) is 0 Å². The van der Waals surface area contributed by atoms with Crippen LogP contribution in [0, 0.1) is 11.8 Å². The fraction of sp³-hybridized carbons (Fsp3) is 0.429. The summed E-state index contributed by atoms with van der Waals surface area (Å²) in [6, 6.07) is 15.3. The van der Waals surface area contributed by atoms with Gasteiger partial charge in [-0.15, -0.1) is 18.3 Å². The van der Waals surface area contributed by atoms with Crippen LogP contribution in [-0.4, -0.2) is 102 Å². The molecule has 2 aromatic carbocycles. The summed E-state index contributed by atoms with van der Waals surface area (Å²) in [7, 11) is 0. The van der Waals surface area contributed by atoms with Crippen LogP contribution in [-0.2, 0) is 35.3 Å². The molecule has 4 heterocycles. The summed E-state index contributed by atoms with van der Waals surface area (Å²) in [5, 5.41) is 21.3. The van der Waals surface area contributed by atoms with Crippen LogP contribution in [0.15, 0.2) is 79.9 Å². The number of nitrogens with zero attached hydrogens (tertiary/aromatic N) is 5. The van der Waals surface area contributed by atoms with E-state index in [0.29, 0.717) is 17.5 Å². The second kappa shape index (κ2) is 14.6. The largest absolute Gasteiger partial charge is 0.455 e. The molecule has 258 valence electrons. The van der Waals surface area contributed by atoms with E-state index in [2.05, 4.69) is 44.7 Å². The lowest BCUT2D eigenvalue weighted by molar-refractivity contribution is -0.160. The molecule has 0 aliphatic carbocycles. The van der Waals surface area contributed by atoms with E-state index in [1.165, 1.54) is 9.80 Å². The Kier molecular flexibility index (Phi) is 10.3. The summed E-state index contributed by atoms with van der Waals surface area (Å²) in [5.74, 6) is -3.85. The van der Waals surface area contributed by atoms with E-state index in [0.717, 1.165) is 5.52 Å². The number of carbonyl (C=O) groups excluding carboxylic acids is 4. The molecular weight excluding hydrogens is 696 g/mol. The molecule has 6 rings (SSSR count). The van der Waals surface area contributed by atoms with Crippen LogP contribution in [0.1, 0.15) is 30.9 Å². The van der Waals surface area contributed by atoms with Crippen LogP contribution < -0.4 is 5.32 Å². The van der Waals surface area contributed by atoms with E-state index < -0.39 is 60.1 Å². The monoisotopic (exact) mass is 734 g/mol. The van der Waals surface area contributed by atoms with Gasteiger partial charge in [-0.2, -0.15) is 0 Å². The second-order valence-electron chi connectivity index (χ2n) is 12.5. The number of fused-ring (bicyclic) bond motifs is 2. The lowest BCUT2D eigenvalue weighted by Gasteiger charge is -2.36. The normalized spacial score (nSPS) is 26.0. The van der Waals surface area contributed by atoms with Crippen molar-refractivity contribution in [1.29, 1.82) is 0 Å². The van der Waals surface area contributed by atoms with Crippen molar-refractivity contribution in [3.05, 3.63) is 85.5 Å². The molecule has 2 N–H and O–H groups in total. The number of halogens is 1. The fourth-order valence-corrected chi connectivity index (χ4v) is 8.34. The maximum atomic E-state index is 14.6. The Labute approximate surface area is 292 Å². The van der Waals surface area contributed by atoms with Crippen LogP contribution in [0.2, 0.25) is 0 Å². The first-order valence-electron chi connectivity index (χ1n) is 16.3. The minimum absolute atomic E-state index is 0.0215. The van der Waals surface area contributed by atoms with Crippen molar-refractivity contribution < 1.29 is 33.8 Å². The zero-order valence-electron chi connectivity index (χ0n) is 26.9. The highest BCUT2D eigenvalue weighted by molar-refractivity contribution is 9.09. The van der Waals surface area contributed by atoms with Gasteiger partial charge >= 0.3 is 5.97 Å². The minimum atomic E-state index is -1.36. The number of allylic oxidation sites excluding steroid dienone is 1. The van der Waals surface area contributed by atoms with Gasteiger partial charge in [0.15, 0.2) is 0 Å². The number of benzene rings is 2. The summed E-state index contributed by atoms with van der Waals surface area (Å²) in [4.78, 5) is 58.0. The van der Waals surface area contributed by atoms with Gasteiger partial charge in [-0.3, -0.25) is 19.2 Å². The maximum Gasteiger partial charge on any atom is 0.313 e. The number of nitrogens with one attached hydrogen (secondary N) is 1. The number of hydrogen-bond donors (Lipinski definition) is 2. The van der Waals surface area contributed by atoms with Crippen molar-refractivity contribution in [2.75, 3.05) is 26.2 Å². The molecule has 7 atom stereocenters. The number of rotatable bonds is 15. The van der Waals surface area contributed by atoms with Crippen molar-refractivity contribution in [3.63, 3.8) is 0 Å². The molecule has 1 unspecified atom stereocenters. The standard InChI is InChI=1S/C35H39BrN6O7/c1-3-5-15-27(44)37-20-26(22-11-7-6-8-12-22)48-34(47)28-29-32(45)41(17-18-43)31(35(29)19-23(36)30(28)49-35)33(46)40(16-4-2)21-42-25-14-10-9-13-24(25)38-39-42/h3-4,6-14,23,26,28-31,43H,1-2,5,15-21H2,(H,37,44)/t23?,26-,28-,29+,30-,31-,35+/m0/s1. The summed E-state index contributed by atoms with van der Waals surface area (Å²) in [5.41, 5.74) is 0.692. The van der Waals surface area contributed by atoms with E-state index in [9.17, 15) is 24.3 Å². The van der Waals surface area contributed by atoms with Gasteiger partial charge in [0.2, 0.25) is 17.7 Å². The van der Waals surface area contributed by atoms with Crippen molar-refractivity contribution in [1.82, 2.24) is 30.1 Å². The Morgan fingerprint density at radius 3 is 2.65 bits per heavy atom. The predicted molar refractivity (Wildman–Crippen MR) is 182 cm³/mol. The minimum Gasteiger partial charge on any atom is -0.455 e. The van der Waals surface area contributed by atoms with Gasteiger partial charge in [0.05, 0.1) is 36.6 Å². The SMILES string of the molecule is C=CCCC(=O)NC[C@H](OC(=O)[C@@H]1[C@H]2O[C@@]3(CC2Br)[C@H](C(=O)N(CC=C)Cn2nnc4ccccc42)N(CCO)C(=O)[C@@H]13)c1ccccc1. The number of hydrogen-bond acceptors (Lipinski definition) is 9. The number of alkyl halides is 1. The van der Waals surface area contributed by atoms with Gasteiger partial charge in [0.25, 0.3) is 0 Å². The average molecular weight is 736 g/mol. The molecule has 0 radical (unpaired) electrons. The molecule has 3 saturated heterocycles. The van der Waals surface area contributed by atoms with Crippen molar-refractivity contribution >= 4 is 50.7 Å². The number of esters is 1. The highest BCUT2D eigenvalue weighted by Crippen LogP contribution is 2.60. The number of carbonyl (C=O) groups is 4. The molecule has 3 fully saturated rings. The lowest BCUT2D eigenvalue weighted by Crippen LogP contribution is -2.57. The average Bonchev–Trinajstić information content (AvgIpc) is 3.83. The molecule has 3 aliphatic heterocycles. The summed E-state index contributed by atoms with van der Waals surface area (Å²) in [6.45, 7) is 7.14. The van der Waals surface area contributed by atoms with Crippen LogP contribution in [0.5, 0.6) is 0 Å². The molecule has 1 spiro atoms.